The molecule has 0 aromatic heterocycles. The van der Waals surface area contributed by atoms with Crippen molar-refractivity contribution in [2.75, 3.05) is 6.54 Å². The van der Waals surface area contributed by atoms with Gasteiger partial charge < -0.3 is 14.9 Å². The van der Waals surface area contributed by atoms with Crippen molar-refractivity contribution in [1.82, 2.24) is 15.1 Å². The molecular weight excluding hydrogens is 384 g/mol. The van der Waals surface area contributed by atoms with E-state index in [0.717, 1.165) is 41.6 Å². The third-order valence-electron chi connectivity index (χ3n) is 6.55. The molecule has 2 saturated heterocycles. The predicted molar refractivity (Wildman–Crippen MR) is 114 cm³/mol. The van der Waals surface area contributed by atoms with Gasteiger partial charge in [-0.25, -0.2) is 8.78 Å². The summed E-state index contributed by atoms with van der Waals surface area (Å²) in [4.78, 5) is 4.61. The lowest BCUT2D eigenvalue weighted by Crippen LogP contribution is -2.55. The van der Waals surface area contributed by atoms with E-state index in [1.807, 2.05) is 13.1 Å². The minimum absolute atomic E-state index is 0.0775. The third-order valence-corrected chi connectivity index (χ3v) is 6.55. The lowest BCUT2D eigenvalue weighted by atomic mass is 9.87. The number of nitrogens with one attached hydrogen (secondary N) is 1. The van der Waals surface area contributed by atoms with Gasteiger partial charge in [-0.15, -0.1) is 0 Å². The predicted octanol–water partition coefficient (Wildman–Crippen LogP) is 4.17. The molecule has 0 bridgehead atoms. The van der Waals surface area contributed by atoms with Gasteiger partial charge in [0, 0.05) is 48.6 Å². The van der Waals surface area contributed by atoms with Gasteiger partial charge >= 0.3 is 0 Å². The molecule has 6 heteroatoms. The minimum atomic E-state index is -1.02. The van der Waals surface area contributed by atoms with Crippen molar-refractivity contribution < 1.29 is 13.9 Å². The summed E-state index contributed by atoms with van der Waals surface area (Å²) in [6.45, 7) is 13.8. The SMILES string of the molecule is C=C1C(C(O)NCc2ccc(F)cc2F)=CN2CC3CCCC(C)N3C(=C)C2=C1C. The highest BCUT2D eigenvalue weighted by atomic mass is 19.1. The summed E-state index contributed by atoms with van der Waals surface area (Å²) in [5, 5.41) is 13.7. The van der Waals surface area contributed by atoms with Gasteiger partial charge in [0.25, 0.3) is 0 Å². The Morgan fingerprint density at radius 3 is 2.77 bits per heavy atom. The molecule has 3 aliphatic rings. The smallest absolute Gasteiger partial charge is 0.133 e. The molecule has 4 rings (SSSR count). The summed E-state index contributed by atoms with van der Waals surface area (Å²) >= 11 is 0. The topological polar surface area (TPSA) is 38.7 Å². The average molecular weight is 414 g/mol. The van der Waals surface area contributed by atoms with Gasteiger partial charge in [0.1, 0.15) is 17.9 Å². The van der Waals surface area contributed by atoms with Crippen LogP contribution in [-0.4, -0.2) is 39.8 Å². The van der Waals surface area contributed by atoms with E-state index in [1.54, 1.807) is 0 Å². The Bertz CT molecular complexity index is 952. The van der Waals surface area contributed by atoms with E-state index in [2.05, 4.69) is 35.2 Å². The van der Waals surface area contributed by atoms with Crippen LogP contribution in [0.3, 0.4) is 0 Å². The van der Waals surface area contributed by atoms with Gasteiger partial charge in [-0.3, -0.25) is 5.32 Å². The molecule has 1 aromatic carbocycles. The zero-order valence-corrected chi connectivity index (χ0v) is 17.6. The fourth-order valence-electron chi connectivity index (χ4n) is 4.93. The van der Waals surface area contributed by atoms with E-state index in [-0.39, 0.29) is 6.54 Å². The minimum Gasteiger partial charge on any atom is -0.374 e. The monoisotopic (exact) mass is 413 g/mol. The fraction of sp³-hybridized carbons (Fsp3) is 0.417. The number of piperazine rings is 1. The average Bonchev–Trinajstić information content (AvgIpc) is 2.69. The maximum Gasteiger partial charge on any atom is 0.133 e. The van der Waals surface area contributed by atoms with Crippen LogP contribution in [0.5, 0.6) is 0 Å². The highest BCUT2D eigenvalue weighted by Gasteiger charge is 2.39. The standard InChI is InChI=1S/C24H29F2N3O/c1-14-6-5-7-20-12-28-13-21(15(2)16(3)23(28)17(4)29(14)20)24(30)27-11-18-8-9-19(25)10-22(18)26/h8-10,13-14,20,24,27,30H,2,4-7,11-12H2,1,3H3. The lowest BCUT2D eigenvalue weighted by Gasteiger charge is -2.52. The molecule has 3 atom stereocenters. The number of aliphatic hydroxyl groups is 1. The maximum atomic E-state index is 13.9. The van der Waals surface area contributed by atoms with E-state index >= 15 is 0 Å². The van der Waals surface area contributed by atoms with Crippen molar-refractivity contribution in [1.29, 1.82) is 0 Å². The summed E-state index contributed by atoms with van der Waals surface area (Å²) in [6, 6.07) is 4.30. The molecule has 3 heterocycles. The summed E-state index contributed by atoms with van der Waals surface area (Å²) < 4.78 is 27.0. The van der Waals surface area contributed by atoms with E-state index < -0.39 is 17.9 Å². The molecule has 0 radical (unpaired) electrons. The highest BCUT2D eigenvalue weighted by molar-refractivity contribution is 5.55. The summed E-state index contributed by atoms with van der Waals surface area (Å²) in [6.07, 6.45) is 4.42. The lowest BCUT2D eigenvalue weighted by molar-refractivity contribution is 0.0889. The number of fused-ring (bicyclic) bond motifs is 2. The van der Waals surface area contributed by atoms with Crippen LogP contribution >= 0.6 is 0 Å². The molecule has 2 fully saturated rings. The first kappa shape index (κ1) is 20.8. The Morgan fingerprint density at radius 2 is 2.03 bits per heavy atom. The van der Waals surface area contributed by atoms with Gasteiger partial charge in [-0.1, -0.05) is 19.2 Å². The molecule has 3 aliphatic heterocycles. The number of benzene rings is 1. The summed E-state index contributed by atoms with van der Waals surface area (Å²) in [7, 11) is 0. The number of piperidine rings is 1. The fourth-order valence-corrected chi connectivity index (χ4v) is 4.93. The van der Waals surface area contributed by atoms with Crippen LogP contribution in [0.2, 0.25) is 0 Å². The normalized spacial score (nSPS) is 25.2. The van der Waals surface area contributed by atoms with E-state index in [9.17, 15) is 13.9 Å². The Hall–Kier alpha value is -2.44. The zero-order valence-electron chi connectivity index (χ0n) is 17.6. The van der Waals surface area contributed by atoms with Gasteiger partial charge in [0.05, 0.1) is 11.4 Å². The van der Waals surface area contributed by atoms with Crippen LogP contribution in [0.15, 0.2) is 65.7 Å². The molecule has 2 N–H and O–H groups in total. The van der Waals surface area contributed by atoms with E-state index in [1.165, 1.54) is 25.0 Å². The van der Waals surface area contributed by atoms with Crippen LogP contribution < -0.4 is 5.32 Å². The third kappa shape index (κ3) is 3.59. The summed E-state index contributed by atoms with van der Waals surface area (Å²) in [5.74, 6) is -1.26. The van der Waals surface area contributed by atoms with Crippen molar-refractivity contribution in [2.24, 2.45) is 0 Å². The Labute approximate surface area is 176 Å². The number of rotatable bonds is 4. The van der Waals surface area contributed by atoms with E-state index in [0.29, 0.717) is 23.2 Å². The molecule has 0 saturated carbocycles. The first-order valence-corrected chi connectivity index (χ1v) is 10.5. The molecule has 4 nitrogen and oxygen atoms in total. The number of hydrogen-bond donors (Lipinski definition) is 2. The second-order valence-corrected chi connectivity index (χ2v) is 8.50. The van der Waals surface area contributed by atoms with Gasteiger partial charge in [-0.05, 0) is 50.3 Å². The molecule has 0 amide bonds. The van der Waals surface area contributed by atoms with Crippen LogP contribution in [-0.2, 0) is 6.54 Å². The largest absolute Gasteiger partial charge is 0.374 e. The first-order valence-electron chi connectivity index (χ1n) is 10.5. The highest BCUT2D eigenvalue weighted by Crippen LogP contribution is 2.41. The van der Waals surface area contributed by atoms with E-state index in [4.69, 9.17) is 0 Å². The Morgan fingerprint density at radius 1 is 1.27 bits per heavy atom. The van der Waals surface area contributed by atoms with Crippen LogP contribution in [0.25, 0.3) is 0 Å². The molecule has 1 aromatic rings. The quantitative estimate of drug-likeness (QED) is 0.727. The number of allylic oxidation sites excluding steroid dienone is 1. The van der Waals surface area contributed by atoms with Crippen molar-refractivity contribution in [2.45, 2.75) is 58.0 Å². The maximum absolute atomic E-state index is 13.9. The van der Waals surface area contributed by atoms with Crippen LogP contribution in [0.1, 0.15) is 38.7 Å². The second-order valence-electron chi connectivity index (χ2n) is 8.50. The number of aliphatic hydroxyl groups excluding tert-OH is 1. The number of hydrogen-bond acceptors (Lipinski definition) is 4. The van der Waals surface area contributed by atoms with Crippen molar-refractivity contribution in [3.63, 3.8) is 0 Å². The van der Waals surface area contributed by atoms with Crippen molar-refractivity contribution in [3.05, 3.63) is 82.9 Å². The Balaban J connectivity index is 1.54. The second kappa shape index (κ2) is 8.00. The van der Waals surface area contributed by atoms with Crippen LogP contribution in [0.4, 0.5) is 8.78 Å². The molecule has 160 valence electrons. The van der Waals surface area contributed by atoms with Crippen LogP contribution in [0, 0.1) is 11.6 Å². The summed E-state index contributed by atoms with van der Waals surface area (Å²) in [5.41, 5.74) is 4.76. The molecule has 0 aliphatic carbocycles. The van der Waals surface area contributed by atoms with Gasteiger partial charge in [-0.2, -0.15) is 0 Å². The molecule has 30 heavy (non-hydrogen) atoms. The molecule has 0 spiro atoms. The van der Waals surface area contributed by atoms with Crippen molar-refractivity contribution >= 4 is 0 Å². The first-order chi connectivity index (χ1) is 14.3. The number of halogens is 2. The molecule has 3 unspecified atom stereocenters. The molecular formula is C24H29F2N3O. The van der Waals surface area contributed by atoms with Gasteiger partial charge in [0.2, 0.25) is 0 Å². The van der Waals surface area contributed by atoms with Gasteiger partial charge in [0.15, 0.2) is 0 Å². The zero-order chi connectivity index (χ0) is 21.6. The number of nitrogens with zero attached hydrogens (tertiary/aromatic N) is 2. The Kier molecular flexibility index (Phi) is 5.55. The van der Waals surface area contributed by atoms with Crippen molar-refractivity contribution in [3.8, 4) is 0 Å².